The maximum Gasteiger partial charge on any atom is 2.00 e. The Morgan fingerprint density at radius 3 is 1.12 bits per heavy atom. The fourth-order valence-corrected chi connectivity index (χ4v) is 0. The zero-order valence-corrected chi connectivity index (χ0v) is 7.24. The number of rotatable bonds is 0. The van der Waals surface area contributed by atoms with Crippen molar-refractivity contribution in [3.8, 4) is 0 Å². The third kappa shape index (κ3) is 214. The van der Waals surface area contributed by atoms with E-state index in [1.54, 1.807) is 0 Å². The first-order valence-electron chi connectivity index (χ1n) is 0.667. The molecule has 0 rings (SSSR count). The van der Waals surface area contributed by atoms with Crippen LogP contribution in [0.1, 0.15) is 0 Å². The molecule has 45 valence electrons. The van der Waals surface area contributed by atoms with Gasteiger partial charge in [-0.3, -0.25) is 8.42 Å². The van der Waals surface area contributed by atoms with Crippen molar-refractivity contribution < 1.29 is 34.6 Å². The van der Waals surface area contributed by atoms with E-state index in [4.69, 9.17) is 17.5 Å². The molecule has 0 aromatic heterocycles. The van der Waals surface area contributed by atoms with Crippen LogP contribution < -0.4 is 6.15 Å². The van der Waals surface area contributed by atoms with Gasteiger partial charge in [0, 0.05) is 10.4 Å². The van der Waals surface area contributed by atoms with E-state index in [1.807, 2.05) is 0 Å². The maximum atomic E-state index is 8.52. The van der Waals surface area contributed by atoms with Crippen LogP contribution >= 0.6 is 0 Å². The van der Waals surface area contributed by atoms with Gasteiger partial charge < -0.3 is 15.3 Å². The summed E-state index contributed by atoms with van der Waals surface area (Å²) in [6, 6.07) is 0. The van der Waals surface area contributed by atoms with Crippen molar-refractivity contribution in [3.63, 3.8) is 0 Å². The standard InChI is InChI=1S/Mg.Mn.H3N.H2O4S/c;;;1-5(2,3)4/h;;1H3;(H2,1,2,3,4)/q2*+2;;/p-2. The second-order valence-electron chi connectivity index (χ2n) is 0.408. The van der Waals surface area contributed by atoms with Crippen molar-refractivity contribution in [2.24, 2.45) is 0 Å². The molecule has 5 nitrogen and oxygen atoms in total. The molecule has 8 heavy (non-hydrogen) atoms. The van der Waals surface area contributed by atoms with E-state index < -0.39 is 10.4 Å². The molecular weight excluding hydrogens is 189 g/mol. The first-order valence-corrected chi connectivity index (χ1v) is 2.00. The predicted molar refractivity (Wildman–Crippen MR) is 21.3 cm³/mol. The molecule has 0 saturated carbocycles. The number of hydrogen-bond donors (Lipinski definition) is 1. The molecule has 0 bridgehead atoms. The van der Waals surface area contributed by atoms with E-state index in [2.05, 4.69) is 0 Å². The van der Waals surface area contributed by atoms with Gasteiger partial charge in [0.15, 0.2) is 0 Å². The van der Waals surface area contributed by atoms with Gasteiger partial charge in [-0.25, -0.2) is 0 Å². The van der Waals surface area contributed by atoms with Crippen molar-refractivity contribution in [1.29, 1.82) is 0 Å². The summed E-state index contributed by atoms with van der Waals surface area (Å²) >= 11 is 0. The van der Waals surface area contributed by atoms with Crippen LogP contribution in [0.25, 0.3) is 0 Å². The van der Waals surface area contributed by atoms with E-state index >= 15 is 0 Å². The van der Waals surface area contributed by atoms with Gasteiger partial charge in [-0.05, 0) is 0 Å². The second kappa shape index (κ2) is 8.12. The quantitative estimate of drug-likeness (QED) is 0.283. The first kappa shape index (κ1) is 22.9. The van der Waals surface area contributed by atoms with Gasteiger partial charge in [0.05, 0.1) is 0 Å². The average Bonchev–Trinajstić information content (AvgIpc) is 0.722. The third-order valence-corrected chi connectivity index (χ3v) is 0. The SMILES string of the molecule is N.O=S(=O)([O-])[O-].[Mg+2].[Mn+2]. The molecule has 0 atom stereocenters. The van der Waals surface area contributed by atoms with Gasteiger partial charge >= 0.3 is 40.1 Å². The summed E-state index contributed by atoms with van der Waals surface area (Å²) in [6.07, 6.45) is 0. The van der Waals surface area contributed by atoms with Crippen LogP contribution in [0.5, 0.6) is 0 Å². The van der Waals surface area contributed by atoms with Crippen LogP contribution in [-0.4, -0.2) is 40.6 Å². The Morgan fingerprint density at radius 1 is 1.12 bits per heavy atom. The first-order chi connectivity index (χ1) is 2.00. The fraction of sp³-hybridized carbons (Fsp3) is 0. The van der Waals surface area contributed by atoms with Gasteiger partial charge in [0.2, 0.25) is 0 Å². The van der Waals surface area contributed by atoms with Gasteiger partial charge in [-0.2, -0.15) is 0 Å². The minimum atomic E-state index is -5.17. The Hall–Kier alpha value is 1.12. The van der Waals surface area contributed by atoms with Crippen molar-refractivity contribution in [1.82, 2.24) is 6.15 Å². The van der Waals surface area contributed by atoms with E-state index in [1.165, 1.54) is 0 Å². The smallest absolute Gasteiger partial charge is 0.759 e. The van der Waals surface area contributed by atoms with Crippen molar-refractivity contribution >= 4 is 33.5 Å². The van der Waals surface area contributed by atoms with E-state index in [0.29, 0.717) is 0 Å². The zero-order valence-electron chi connectivity index (χ0n) is 3.83. The Morgan fingerprint density at radius 2 is 1.12 bits per heavy atom. The molecule has 0 aliphatic rings. The molecule has 0 aromatic carbocycles. The monoisotopic (exact) mass is 192 g/mol. The number of hydrogen-bond acceptors (Lipinski definition) is 5. The molecule has 0 heterocycles. The normalized spacial score (nSPS) is 7.25. The van der Waals surface area contributed by atoms with Crippen LogP contribution in [0.4, 0.5) is 0 Å². The van der Waals surface area contributed by atoms with Crippen molar-refractivity contribution in [2.75, 3.05) is 0 Å². The van der Waals surface area contributed by atoms with Crippen molar-refractivity contribution in [2.45, 2.75) is 0 Å². The summed E-state index contributed by atoms with van der Waals surface area (Å²) in [5.74, 6) is 0. The van der Waals surface area contributed by atoms with E-state index in [-0.39, 0.29) is 46.3 Å². The summed E-state index contributed by atoms with van der Waals surface area (Å²) in [5.41, 5.74) is 0. The van der Waals surface area contributed by atoms with E-state index in [0.717, 1.165) is 0 Å². The molecule has 1 radical (unpaired) electrons. The molecule has 0 aromatic rings. The van der Waals surface area contributed by atoms with Crippen LogP contribution in [-0.2, 0) is 27.5 Å². The Balaban J connectivity index is -0.0000000267. The molecule has 0 aliphatic heterocycles. The Kier molecular flexibility index (Phi) is 23.3. The molecule has 3 N–H and O–H groups in total. The van der Waals surface area contributed by atoms with Crippen LogP contribution in [0.2, 0.25) is 0 Å². The maximum absolute atomic E-state index is 8.52. The fourth-order valence-electron chi connectivity index (χ4n) is 0. The van der Waals surface area contributed by atoms with E-state index in [9.17, 15) is 0 Å². The molecule has 0 spiro atoms. The largest absolute Gasteiger partial charge is 2.00 e. The van der Waals surface area contributed by atoms with Gasteiger partial charge in [0.25, 0.3) is 0 Å². The average molecular weight is 192 g/mol. The molecule has 8 heteroatoms. The summed E-state index contributed by atoms with van der Waals surface area (Å²) in [6.45, 7) is 0. The minimum Gasteiger partial charge on any atom is -0.759 e. The third-order valence-electron chi connectivity index (χ3n) is 0. The molecule has 0 amide bonds. The summed E-state index contributed by atoms with van der Waals surface area (Å²) in [4.78, 5) is 0. The molecule has 0 fully saturated rings. The second-order valence-corrected chi connectivity index (χ2v) is 1.22. The van der Waals surface area contributed by atoms with Crippen LogP contribution in [0.15, 0.2) is 0 Å². The van der Waals surface area contributed by atoms with Crippen molar-refractivity contribution in [3.05, 3.63) is 0 Å². The zero-order chi connectivity index (χ0) is 4.50. The molecule has 0 aliphatic carbocycles. The Bertz CT molecular complexity index is 99.2. The summed E-state index contributed by atoms with van der Waals surface area (Å²) in [5, 5.41) is 0. The van der Waals surface area contributed by atoms with Gasteiger partial charge in [-0.15, -0.1) is 0 Å². The van der Waals surface area contributed by atoms with Gasteiger partial charge in [-0.1, -0.05) is 0 Å². The summed E-state index contributed by atoms with van der Waals surface area (Å²) in [7, 11) is -5.17. The van der Waals surface area contributed by atoms with Crippen LogP contribution in [0, 0.1) is 0 Å². The van der Waals surface area contributed by atoms with Gasteiger partial charge in [0.1, 0.15) is 0 Å². The van der Waals surface area contributed by atoms with Crippen LogP contribution in [0.3, 0.4) is 0 Å². The molecule has 0 saturated heterocycles. The summed E-state index contributed by atoms with van der Waals surface area (Å²) < 4.78 is 34.1. The molecule has 0 unspecified atom stereocenters. The Labute approximate surface area is 74.0 Å². The minimum absolute atomic E-state index is 0. The predicted octanol–water partition coefficient (Wildman–Crippen LogP) is -1.56. The topological polar surface area (TPSA) is 115 Å². The molecular formula is H3MgMnNO4S+2.